The summed E-state index contributed by atoms with van der Waals surface area (Å²) >= 11 is 3.64. The van der Waals surface area contributed by atoms with Gasteiger partial charge in [0.1, 0.15) is 0 Å². The predicted octanol–water partition coefficient (Wildman–Crippen LogP) is 5.20. The van der Waals surface area contributed by atoms with Crippen molar-refractivity contribution < 1.29 is 13.2 Å². The molecular weight excluding hydrogens is 305 g/mol. The molecule has 0 bridgehead atoms. The van der Waals surface area contributed by atoms with Gasteiger partial charge in [-0.2, -0.15) is 13.2 Å². The van der Waals surface area contributed by atoms with E-state index in [0.29, 0.717) is 4.83 Å². The molecular formula is C14H16BrF3. The molecule has 0 heterocycles. The Bertz CT molecular complexity index is 396. The third-order valence-corrected chi connectivity index (χ3v) is 4.54. The lowest BCUT2D eigenvalue weighted by atomic mass is 10.0. The summed E-state index contributed by atoms with van der Waals surface area (Å²) in [5.41, 5.74) is 0.234. The first kappa shape index (κ1) is 13.9. The van der Waals surface area contributed by atoms with Crippen molar-refractivity contribution in [1.29, 1.82) is 0 Å². The van der Waals surface area contributed by atoms with E-state index in [2.05, 4.69) is 15.9 Å². The maximum Gasteiger partial charge on any atom is 0.416 e. The summed E-state index contributed by atoms with van der Waals surface area (Å²) in [7, 11) is 0. The molecule has 1 aromatic rings. The Hall–Kier alpha value is -0.510. The number of alkyl halides is 4. The topological polar surface area (TPSA) is 0 Å². The van der Waals surface area contributed by atoms with Gasteiger partial charge >= 0.3 is 6.18 Å². The van der Waals surface area contributed by atoms with Crippen LogP contribution in [0.1, 0.15) is 36.8 Å². The zero-order chi connectivity index (χ0) is 13.2. The van der Waals surface area contributed by atoms with Crippen molar-refractivity contribution >= 4 is 15.9 Å². The highest BCUT2D eigenvalue weighted by atomic mass is 79.9. The standard InChI is InChI=1S/C14H16BrF3/c15-13(11-7-8-11)6-2-4-10-3-1-5-12(9-10)14(16,17)18/h1,3,5,9,11,13H,2,4,6-8H2. The highest BCUT2D eigenvalue weighted by Crippen LogP contribution is 2.38. The quantitative estimate of drug-likeness (QED) is 0.654. The molecule has 0 saturated heterocycles. The molecule has 0 aromatic heterocycles. The van der Waals surface area contributed by atoms with Crippen molar-refractivity contribution in [2.24, 2.45) is 5.92 Å². The third-order valence-electron chi connectivity index (χ3n) is 3.33. The number of rotatable bonds is 5. The van der Waals surface area contributed by atoms with E-state index in [4.69, 9.17) is 0 Å². The van der Waals surface area contributed by atoms with Crippen molar-refractivity contribution in [3.05, 3.63) is 35.4 Å². The number of hydrogen-bond acceptors (Lipinski definition) is 0. The summed E-state index contributed by atoms with van der Waals surface area (Å²) in [5, 5.41) is 0. The number of aryl methyl sites for hydroxylation is 1. The van der Waals surface area contributed by atoms with Gasteiger partial charge in [0.25, 0.3) is 0 Å². The predicted molar refractivity (Wildman–Crippen MR) is 69.8 cm³/mol. The zero-order valence-electron chi connectivity index (χ0n) is 10.0. The Kier molecular flexibility index (Phi) is 4.36. The Morgan fingerprint density at radius 3 is 2.61 bits per heavy atom. The van der Waals surface area contributed by atoms with E-state index in [1.54, 1.807) is 6.07 Å². The normalized spacial score (nSPS) is 17.8. The fourth-order valence-electron chi connectivity index (χ4n) is 2.10. The molecule has 1 aliphatic carbocycles. The highest BCUT2D eigenvalue weighted by molar-refractivity contribution is 9.09. The number of benzene rings is 1. The second-order valence-electron chi connectivity index (χ2n) is 4.94. The molecule has 1 atom stereocenters. The fourth-order valence-corrected chi connectivity index (χ4v) is 2.95. The van der Waals surface area contributed by atoms with Gasteiger partial charge in [-0.3, -0.25) is 0 Å². The van der Waals surface area contributed by atoms with Gasteiger partial charge in [0.15, 0.2) is 0 Å². The van der Waals surface area contributed by atoms with Crippen molar-refractivity contribution in [3.8, 4) is 0 Å². The van der Waals surface area contributed by atoms with Crippen molar-refractivity contribution in [2.45, 2.75) is 43.1 Å². The molecule has 2 rings (SSSR count). The average molecular weight is 321 g/mol. The molecule has 18 heavy (non-hydrogen) atoms. The van der Waals surface area contributed by atoms with Gasteiger partial charge in [-0.1, -0.05) is 34.1 Å². The summed E-state index contributed by atoms with van der Waals surface area (Å²) < 4.78 is 37.6. The second kappa shape index (κ2) is 5.64. The van der Waals surface area contributed by atoms with Crippen LogP contribution in [-0.2, 0) is 12.6 Å². The van der Waals surface area contributed by atoms with E-state index in [1.807, 2.05) is 0 Å². The Morgan fingerprint density at radius 2 is 2.00 bits per heavy atom. The van der Waals surface area contributed by atoms with E-state index in [-0.39, 0.29) is 0 Å². The first-order valence-electron chi connectivity index (χ1n) is 6.27. The van der Waals surface area contributed by atoms with Crippen LogP contribution in [0.2, 0.25) is 0 Å². The van der Waals surface area contributed by atoms with Crippen molar-refractivity contribution in [2.75, 3.05) is 0 Å². The third kappa shape index (κ3) is 4.01. The molecule has 1 aromatic carbocycles. The van der Waals surface area contributed by atoms with Gasteiger partial charge in [-0.25, -0.2) is 0 Å². The first-order valence-corrected chi connectivity index (χ1v) is 7.18. The van der Waals surface area contributed by atoms with E-state index in [9.17, 15) is 13.2 Å². The van der Waals surface area contributed by atoms with Crippen LogP contribution in [0.15, 0.2) is 24.3 Å². The van der Waals surface area contributed by atoms with Gasteiger partial charge in [-0.15, -0.1) is 0 Å². The number of halogens is 4. The molecule has 100 valence electrons. The summed E-state index contributed by atoms with van der Waals surface area (Å²) in [5.74, 6) is 0.798. The van der Waals surface area contributed by atoms with Gasteiger partial charge in [0.05, 0.1) is 5.56 Å². The van der Waals surface area contributed by atoms with Gasteiger partial charge < -0.3 is 0 Å². The Labute approximate surface area is 114 Å². The number of hydrogen-bond donors (Lipinski definition) is 0. The van der Waals surface area contributed by atoms with Gasteiger partial charge in [0.2, 0.25) is 0 Å². The molecule has 0 N–H and O–H groups in total. The largest absolute Gasteiger partial charge is 0.416 e. The molecule has 1 saturated carbocycles. The van der Waals surface area contributed by atoms with Crippen LogP contribution in [0.25, 0.3) is 0 Å². The zero-order valence-corrected chi connectivity index (χ0v) is 11.6. The average Bonchev–Trinajstić information content (AvgIpc) is 3.12. The Balaban J connectivity index is 1.85. The Morgan fingerprint density at radius 1 is 1.28 bits per heavy atom. The summed E-state index contributed by atoms with van der Waals surface area (Å²) in [6, 6.07) is 5.65. The molecule has 1 unspecified atom stereocenters. The van der Waals surface area contributed by atoms with Crippen LogP contribution in [0.4, 0.5) is 13.2 Å². The smallest absolute Gasteiger partial charge is 0.166 e. The van der Waals surface area contributed by atoms with Gasteiger partial charge in [-0.05, 0) is 49.7 Å². The van der Waals surface area contributed by atoms with Gasteiger partial charge in [0, 0.05) is 4.83 Å². The van der Waals surface area contributed by atoms with E-state index in [1.165, 1.54) is 25.0 Å². The molecule has 4 heteroatoms. The van der Waals surface area contributed by atoms with Crippen LogP contribution >= 0.6 is 15.9 Å². The lowest BCUT2D eigenvalue weighted by molar-refractivity contribution is -0.137. The van der Waals surface area contributed by atoms with E-state index in [0.717, 1.165) is 36.8 Å². The van der Waals surface area contributed by atoms with E-state index >= 15 is 0 Å². The molecule has 0 spiro atoms. The SMILES string of the molecule is FC(F)(F)c1cccc(CCCC(Br)C2CC2)c1. The summed E-state index contributed by atoms with van der Waals surface area (Å²) in [6.45, 7) is 0. The lowest BCUT2D eigenvalue weighted by Crippen LogP contribution is -2.05. The molecule has 1 aliphatic rings. The van der Waals surface area contributed by atoms with Crippen LogP contribution in [0.5, 0.6) is 0 Å². The summed E-state index contributed by atoms with van der Waals surface area (Å²) in [6.07, 6.45) is 1.05. The molecule has 0 amide bonds. The minimum absolute atomic E-state index is 0.544. The van der Waals surface area contributed by atoms with Crippen LogP contribution < -0.4 is 0 Å². The first-order chi connectivity index (χ1) is 8.47. The minimum Gasteiger partial charge on any atom is -0.166 e. The maximum absolute atomic E-state index is 12.5. The fraction of sp³-hybridized carbons (Fsp3) is 0.571. The molecule has 0 nitrogen and oxygen atoms in total. The highest BCUT2D eigenvalue weighted by Gasteiger charge is 2.30. The monoisotopic (exact) mass is 320 g/mol. The minimum atomic E-state index is -4.23. The molecule has 1 fully saturated rings. The van der Waals surface area contributed by atoms with Crippen LogP contribution in [0.3, 0.4) is 0 Å². The van der Waals surface area contributed by atoms with Crippen molar-refractivity contribution in [1.82, 2.24) is 0 Å². The molecule has 0 aliphatic heterocycles. The summed E-state index contributed by atoms with van der Waals surface area (Å²) in [4.78, 5) is 0.545. The lowest BCUT2D eigenvalue weighted by Gasteiger charge is -2.10. The maximum atomic E-state index is 12.5. The van der Waals surface area contributed by atoms with Crippen LogP contribution in [-0.4, -0.2) is 4.83 Å². The second-order valence-corrected chi connectivity index (χ2v) is 6.12. The van der Waals surface area contributed by atoms with Crippen LogP contribution in [0, 0.1) is 5.92 Å². The van der Waals surface area contributed by atoms with Crippen molar-refractivity contribution in [3.63, 3.8) is 0 Å². The molecule has 0 radical (unpaired) electrons. The van der Waals surface area contributed by atoms with E-state index < -0.39 is 11.7 Å².